The highest BCUT2D eigenvalue weighted by molar-refractivity contribution is 8.13. The molecule has 0 amide bonds. The van der Waals surface area contributed by atoms with Crippen molar-refractivity contribution >= 4 is 97.0 Å². The molecule has 0 saturated carbocycles. The third kappa shape index (κ3) is 17.6. The number of rotatable bonds is 13. The first-order chi connectivity index (χ1) is 35.0. The number of hydrogen-bond donors (Lipinski definition) is 2. The van der Waals surface area contributed by atoms with Gasteiger partial charge in [-0.2, -0.15) is 0 Å². The van der Waals surface area contributed by atoms with Crippen molar-refractivity contribution in [3.63, 3.8) is 0 Å². The third-order valence-corrected chi connectivity index (χ3v) is 15.2. The number of nitrogens with two attached hydrogens (primary N) is 1. The number of methoxy groups -OCH3 is 3. The first-order valence-electron chi connectivity index (χ1n) is 20.8. The van der Waals surface area contributed by atoms with Crippen molar-refractivity contribution in [1.82, 2.24) is 15.0 Å². The number of anilines is 3. The smallest absolute Gasteiger partial charge is 0.269 e. The van der Waals surface area contributed by atoms with E-state index in [-0.39, 0.29) is 17.7 Å². The fourth-order valence-electron chi connectivity index (χ4n) is 5.86. The Morgan fingerprint density at radius 3 is 1.78 bits per heavy atom. The topological polar surface area (TPSA) is 193 Å². The van der Waals surface area contributed by atoms with E-state index in [0.29, 0.717) is 46.0 Å². The number of nitrogens with one attached hydrogen (secondary N) is 1. The second kappa shape index (κ2) is 28.3. The Bertz CT molecular complexity index is 3330. The van der Waals surface area contributed by atoms with Crippen LogP contribution in [0.15, 0.2) is 123 Å². The molecule has 8 aromatic rings. The van der Waals surface area contributed by atoms with Crippen LogP contribution in [0.25, 0.3) is 0 Å². The number of sulfonamides is 1. The number of nitrogen functional groups attached to an aromatic ring is 1. The Morgan fingerprint density at radius 2 is 1.24 bits per heavy atom. The molecule has 0 unspecified atom stereocenters. The first kappa shape index (κ1) is 60.1. The molecule has 5 aromatic carbocycles. The van der Waals surface area contributed by atoms with Gasteiger partial charge in [-0.3, -0.25) is 4.79 Å². The summed E-state index contributed by atoms with van der Waals surface area (Å²) in [7, 11) is 0.816. The number of carbonyl (C=O) groups is 1. The number of nitrogens with zero attached hydrogens (tertiary/aromatic N) is 4. The number of aromatic nitrogens is 3. The summed E-state index contributed by atoms with van der Waals surface area (Å²) in [6, 6.07) is 18.2. The van der Waals surface area contributed by atoms with E-state index >= 15 is 0 Å². The third-order valence-electron chi connectivity index (χ3n) is 9.55. The van der Waals surface area contributed by atoms with Crippen LogP contribution in [0.2, 0.25) is 5.02 Å². The van der Waals surface area contributed by atoms with Crippen LogP contribution in [-0.4, -0.2) is 59.4 Å². The van der Waals surface area contributed by atoms with Crippen molar-refractivity contribution in [2.45, 2.75) is 43.7 Å². The van der Waals surface area contributed by atoms with E-state index in [9.17, 15) is 43.6 Å². The van der Waals surface area contributed by atoms with Gasteiger partial charge in [0.2, 0.25) is 0 Å². The predicted molar refractivity (Wildman–Crippen MR) is 281 cm³/mol. The summed E-state index contributed by atoms with van der Waals surface area (Å²) in [5.74, 6) is -4.46. The van der Waals surface area contributed by atoms with Gasteiger partial charge in [-0.1, -0.05) is 35.9 Å². The van der Waals surface area contributed by atoms with Crippen LogP contribution in [0.3, 0.4) is 0 Å². The molecule has 0 aliphatic heterocycles. The molecule has 0 atom stereocenters. The quantitative estimate of drug-likeness (QED) is 0.0480. The van der Waals surface area contributed by atoms with Crippen LogP contribution in [0, 0.1) is 49.9 Å². The van der Waals surface area contributed by atoms with Gasteiger partial charge < -0.3 is 25.3 Å². The number of aryl methyl sites for hydroxylation is 3. The van der Waals surface area contributed by atoms with Crippen LogP contribution in [-0.2, 0) is 32.2 Å². The lowest BCUT2D eigenvalue weighted by Crippen LogP contribution is -2.31. The monoisotopic (exact) mass is 1160 g/mol. The maximum atomic E-state index is 14.2. The summed E-state index contributed by atoms with van der Waals surface area (Å²) in [4.78, 5) is 20.5. The molecule has 3 aromatic heterocycles. The van der Waals surface area contributed by atoms with E-state index in [1.54, 1.807) is 74.5 Å². The second-order valence-electron chi connectivity index (χ2n) is 14.7. The maximum absolute atomic E-state index is 14.2. The van der Waals surface area contributed by atoms with Crippen LogP contribution in [0.4, 0.5) is 37.3 Å². The summed E-state index contributed by atoms with van der Waals surface area (Å²) >= 11 is 9.29. The predicted octanol–water partition coefficient (Wildman–Crippen LogP) is 12.4. The minimum absolute atomic E-state index is 0.0688. The van der Waals surface area contributed by atoms with Crippen LogP contribution >= 0.6 is 56.3 Å². The largest absolute Gasteiger partial charge is 0.497 e. The molecular formula is C48H45Cl2F5N6O8S5. The molecule has 394 valence electrons. The van der Waals surface area contributed by atoms with Crippen LogP contribution in [0.1, 0.15) is 38.2 Å². The van der Waals surface area contributed by atoms with Crippen LogP contribution < -0.4 is 29.6 Å². The highest BCUT2D eigenvalue weighted by atomic mass is 35.7. The highest BCUT2D eigenvalue weighted by Crippen LogP contribution is 2.32. The Morgan fingerprint density at radius 1 is 0.662 bits per heavy atom. The molecule has 74 heavy (non-hydrogen) atoms. The molecule has 8 rings (SSSR count). The zero-order valence-electron chi connectivity index (χ0n) is 39.8. The zero-order valence-corrected chi connectivity index (χ0v) is 45.4. The average Bonchev–Trinajstić information content (AvgIpc) is 4.19. The number of carbonyl (C=O) groups excluding carboxylic acids is 1. The lowest BCUT2D eigenvalue weighted by molar-refractivity contribution is 0.112. The van der Waals surface area contributed by atoms with Crippen molar-refractivity contribution in [1.29, 1.82) is 0 Å². The number of benzene rings is 5. The fourth-order valence-corrected chi connectivity index (χ4v) is 10.2. The summed E-state index contributed by atoms with van der Waals surface area (Å²) < 4.78 is 130. The van der Waals surface area contributed by atoms with E-state index in [0.717, 1.165) is 56.0 Å². The molecule has 3 heterocycles. The molecule has 0 aliphatic carbocycles. The van der Waals surface area contributed by atoms with E-state index in [1.807, 2.05) is 35.9 Å². The summed E-state index contributed by atoms with van der Waals surface area (Å²) in [5, 5.41) is 9.75. The number of halogens is 7. The lowest BCUT2D eigenvalue weighted by atomic mass is 10.1. The highest BCUT2D eigenvalue weighted by Gasteiger charge is 2.31. The maximum Gasteiger partial charge on any atom is 0.269 e. The van der Waals surface area contributed by atoms with E-state index in [1.165, 1.54) is 30.2 Å². The molecule has 0 saturated heterocycles. The van der Waals surface area contributed by atoms with Crippen molar-refractivity contribution in [2.75, 3.05) is 36.7 Å². The standard InChI is InChI=1S/C18H15F3N2O3S2.C12H14N2OS.C9H10O2.C6H2Cl2F2O2S.C3H4N2S/c1-11-7-13(26-2)4-3-12(11)10-23(18-22-5-6-27-18)28(24,25)17-9-15(20)14(19)8-16(17)21;1-9-3-4-10(11(7-9)15-2)8-14-12-13-5-6-16-12;1-7-3-4-8(6-10)9(5-7)11-2;7-3-1-6(13(8,11)12)5(10)2-4(3)9;4-3-5-1-2-6-3/h3-9H,10H2,1-2H3;3-7H,8H2,1-2H3,(H,13,14);3-6H,1-2H3;1-2H;1-2H,(H2,4,5). The van der Waals surface area contributed by atoms with Crippen molar-refractivity contribution in [2.24, 2.45) is 0 Å². The van der Waals surface area contributed by atoms with E-state index in [2.05, 4.69) is 39.3 Å². The van der Waals surface area contributed by atoms with Gasteiger partial charge in [0.1, 0.15) is 44.5 Å². The van der Waals surface area contributed by atoms with Gasteiger partial charge >= 0.3 is 0 Å². The van der Waals surface area contributed by atoms with Gasteiger partial charge in [0.25, 0.3) is 19.1 Å². The molecule has 3 N–H and O–H groups in total. The van der Waals surface area contributed by atoms with Crippen molar-refractivity contribution < 1.29 is 57.8 Å². The summed E-state index contributed by atoms with van der Waals surface area (Å²) in [5.41, 5.74) is 10.6. The second-order valence-corrected chi connectivity index (χ2v) is 22.2. The normalized spacial score (nSPS) is 10.7. The van der Waals surface area contributed by atoms with E-state index in [4.69, 9.17) is 42.2 Å². The molecule has 0 aliphatic rings. The van der Waals surface area contributed by atoms with Crippen molar-refractivity contribution in [3.8, 4) is 17.2 Å². The van der Waals surface area contributed by atoms with Gasteiger partial charge in [-0.05, 0) is 79.4 Å². The zero-order chi connectivity index (χ0) is 54.8. The Kier molecular flexibility index (Phi) is 23.0. The summed E-state index contributed by atoms with van der Waals surface area (Å²) in [6.07, 6.45) is 5.66. The van der Waals surface area contributed by atoms with Gasteiger partial charge in [0.05, 0.1) is 38.5 Å². The van der Waals surface area contributed by atoms with Crippen LogP contribution in [0.5, 0.6) is 17.2 Å². The van der Waals surface area contributed by atoms with Crippen molar-refractivity contribution in [3.05, 3.63) is 181 Å². The minimum Gasteiger partial charge on any atom is -0.497 e. The number of aldehydes is 1. The fraction of sp³-hybridized carbons (Fsp3) is 0.167. The number of hydrogen-bond acceptors (Lipinski definition) is 16. The summed E-state index contributed by atoms with van der Waals surface area (Å²) in [6.45, 7) is 6.33. The molecule has 0 fully saturated rings. The molecular weight excluding hydrogens is 1110 g/mol. The molecule has 14 nitrogen and oxygen atoms in total. The Labute approximate surface area is 445 Å². The average molecular weight is 1160 g/mol. The van der Waals surface area contributed by atoms with Gasteiger partial charge in [-0.25, -0.2) is 58.0 Å². The van der Waals surface area contributed by atoms with Gasteiger partial charge in [-0.15, -0.1) is 34.0 Å². The number of thiazole rings is 3. The first-order valence-corrected chi connectivity index (χ1v) is 27.6. The Balaban J connectivity index is 0.000000219. The lowest BCUT2D eigenvalue weighted by Gasteiger charge is -2.23. The molecule has 0 bridgehead atoms. The molecule has 26 heteroatoms. The van der Waals surface area contributed by atoms with Gasteiger partial charge in [0.15, 0.2) is 33.3 Å². The van der Waals surface area contributed by atoms with E-state index < -0.39 is 63.0 Å². The number of ether oxygens (including phenoxy) is 3. The van der Waals surface area contributed by atoms with Gasteiger partial charge in [0, 0.05) is 75.7 Å². The minimum atomic E-state index is -4.56. The molecule has 0 spiro atoms. The SMILES string of the molecule is COc1cc(C)ccc1C=O.COc1cc(C)ccc1CNc1nccs1.COc1ccc(CN(c2nccs2)S(=O)(=O)c2cc(F)c(F)cc2F)c(C)c1.Nc1nccs1.O=S(=O)(Cl)c1cc(Cl)c(F)cc1F. The molecule has 0 radical (unpaired) electrons. The Hall–Kier alpha value is -6.41.